The maximum Gasteiger partial charge on any atom is 0.250 e. The van der Waals surface area contributed by atoms with E-state index >= 15 is 0 Å². The summed E-state index contributed by atoms with van der Waals surface area (Å²) in [6.07, 6.45) is 0. The molecular formula is C8H10FNO. The molecule has 0 radical (unpaired) electrons. The molecule has 0 spiro atoms. The molecule has 0 atom stereocenters. The number of rotatable bonds is 1. The Hall–Kier alpha value is -1.12. The van der Waals surface area contributed by atoms with Gasteiger partial charge in [-0.3, -0.25) is 9.78 Å². The van der Waals surface area contributed by atoms with E-state index in [1.165, 1.54) is 12.1 Å². The van der Waals surface area contributed by atoms with E-state index in [-0.39, 0.29) is 5.92 Å². The fraction of sp³-hybridized carbons (Fsp3) is 0.375. The molecule has 1 rings (SSSR count). The SMILES string of the molecule is CC(C)c1ccc(=O)[nH]c1F. The first-order chi connectivity index (χ1) is 5.11. The molecule has 1 aromatic heterocycles. The summed E-state index contributed by atoms with van der Waals surface area (Å²) in [5, 5.41) is 0. The summed E-state index contributed by atoms with van der Waals surface area (Å²) in [6.45, 7) is 3.74. The number of hydrogen-bond donors (Lipinski definition) is 1. The Kier molecular flexibility index (Phi) is 2.08. The van der Waals surface area contributed by atoms with Gasteiger partial charge in [-0.15, -0.1) is 0 Å². The third kappa shape index (κ3) is 1.67. The van der Waals surface area contributed by atoms with Gasteiger partial charge in [-0.25, -0.2) is 0 Å². The van der Waals surface area contributed by atoms with E-state index in [4.69, 9.17) is 0 Å². The average molecular weight is 155 g/mol. The molecule has 0 saturated carbocycles. The van der Waals surface area contributed by atoms with Crippen LogP contribution < -0.4 is 5.56 Å². The highest BCUT2D eigenvalue weighted by atomic mass is 19.1. The molecule has 0 aliphatic rings. The van der Waals surface area contributed by atoms with Crippen LogP contribution in [0.1, 0.15) is 25.3 Å². The van der Waals surface area contributed by atoms with Gasteiger partial charge in [-0.1, -0.05) is 13.8 Å². The van der Waals surface area contributed by atoms with E-state index in [1.807, 2.05) is 13.8 Å². The molecule has 0 bridgehead atoms. The Morgan fingerprint density at radius 3 is 2.55 bits per heavy atom. The van der Waals surface area contributed by atoms with E-state index in [9.17, 15) is 9.18 Å². The number of nitrogens with one attached hydrogen (secondary N) is 1. The van der Waals surface area contributed by atoms with Crippen LogP contribution in [-0.4, -0.2) is 4.98 Å². The molecular weight excluding hydrogens is 145 g/mol. The van der Waals surface area contributed by atoms with E-state index in [0.717, 1.165) is 0 Å². The summed E-state index contributed by atoms with van der Waals surface area (Å²) >= 11 is 0. The van der Waals surface area contributed by atoms with Gasteiger partial charge >= 0.3 is 0 Å². The maximum absolute atomic E-state index is 12.8. The standard InChI is InChI=1S/C8H10FNO/c1-5(2)6-3-4-7(11)10-8(6)9/h3-5H,1-2H3,(H,10,11). The molecule has 0 saturated heterocycles. The van der Waals surface area contributed by atoms with Crippen LogP contribution in [0.3, 0.4) is 0 Å². The summed E-state index contributed by atoms with van der Waals surface area (Å²) in [7, 11) is 0. The Balaban J connectivity index is 3.20. The lowest BCUT2D eigenvalue weighted by Gasteiger charge is -2.04. The monoisotopic (exact) mass is 155 g/mol. The van der Waals surface area contributed by atoms with Crippen molar-refractivity contribution in [3.05, 3.63) is 34.0 Å². The first-order valence-electron chi connectivity index (χ1n) is 3.50. The molecule has 0 amide bonds. The Morgan fingerprint density at radius 2 is 2.09 bits per heavy atom. The third-order valence-corrected chi connectivity index (χ3v) is 1.52. The van der Waals surface area contributed by atoms with Gasteiger partial charge in [0.2, 0.25) is 5.56 Å². The van der Waals surface area contributed by atoms with E-state index in [2.05, 4.69) is 4.98 Å². The second kappa shape index (κ2) is 2.86. The van der Waals surface area contributed by atoms with Crippen LogP contribution in [0.5, 0.6) is 0 Å². The second-order valence-corrected chi connectivity index (χ2v) is 2.75. The smallest absolute Gasteiger partial charge is 0.250 e. The molecule has 1 aromatic rings. The van der Waals surface area contributed by atoms with Crippen LogP contribution in [0.25, 0.3) is 0 Å². The van der Waals surface area contributed by atoms with Crippen LogP contribution in [0.15, 0.2) is 16.9 Å². The molecule has 3 heteroatoms. The van der Waals surface area contributed by atoms with Crippen molar-refractivity contribution in [3.63, 3.8) is 0 Å². The first-order valence-corrected chi connectivity index (χ1v) is 3.50. The predicted octanol–water partition coefficient (Wildman–Crippen LogP) is 1.64. The minimum absolute atomic E-state index is 0.104. The predicted molar refractivity (Wildman–Crippen MR) is 41.1 cm³/mol. The van der Waals surface area contributed by atoms with Crippen molar-refractivity contribution in [2.75, 3.05) is 0 Å². The van der Waals surface area contributed by atoms with Gasteiger partial charge in [0.15, 0.2) is 5.95 Å². The molecule has 0 aliphatic carbocycles. The first kappa shape index (κ1) is 7.98. The molecule has 0 fully saturated rings. The van der Waals surface area contributed by atoms with Crippen LogP contribution in [0.4, 0.5) is 4.39 Å². The van der Waals surface area contributed by atoms with Crippen molar-refractivity contribution in [3.8, 4) is 0 Å². The lowest BCUT2D eigenvalue weighted by molar-refractivity contribution is 0.553. The number of H-pyrrole nitrogens is 1. The zero-order valence-electron chi connectivity index (χ0n) is 6.52. The minimum Gasteiger partial charge on any atom is -0.299 e. The van der Waals surface area contributed by atoms with Gasteiger partial charge in [0.25, 0.3) is 0 Å². The van der Waals surface area contributed by atoms with Gasteiger partial charge in [0, 0.05) is 11.6 Å². The third-order valence-electron chi connectivity index (χ3n) is 1.52. The number of hydrogen-bond acceptors (Lipinski definition) is 1. The van der Waals surface area contributed by atoms with Gasteiger partial charge < -0.3 is 0 Å². The van der Waals surface area contributed by atoms with Crippen molar-refractivity contribution < 1.29 is 4.39 Å². The topological polar surface area (TPSA) is 32.9 Å². The quantitative estimate of drug-likeness (QED) is 0.614. The van der Waals surface area contributed by atoms with Gasteiger partial charge in [0.1, 0.15) is 0 Å². The fourth-order valence-corrected chi connectivity index (χ4v) is 0.907. The normalized spacial score (nSPS) is 10.5. The average Bonchev–Trinajstić information content (AvgIpc) is 1.85. The minimum atomic E-state index is -0.521. The highest BCUT2D eigenvalue weighted by Gasteiger charge is 2.05. The van der Waals surface area contributed by atoms with Crippen LogP contribution in [-0.2, 0) is 0 Å². The zero-order chi connectivity index (χ0) is 8.43. The van der Waals surface area contributed by atoms with E-state index in [0.29, 0.717) is 5.56 Å². The Labute approximate surface area is 64.1 Å². The fourth-order valence-electron chi connectivity index (χ4n) is 0.907. The van der Waals surface area contributed by atoms with Crippen molar-refractivity contribution >= 4 is 0 Å². The molecule has 60 valence electrons. The molecule has 2 nitrogen and oxygen atoms in total. The van der Waals surface area contributed by atoms with Crippen molar-refractivity contribution in [2.24, 2.45) is 0 Å². The number of halogens is 1. The lowest BCUT2D eigenvalue weighted by atomic mass is 10.1. The van der Waals surface area contributed by atoms with Gasteiger partial charge in [0.05, 0.1) is 0 Å². The summed E-state index contributed by atoms with van der Waals surface area (Å²) in [5.41, 5.74) is 0.150. The molecule has 1 heterocycles. The van der Waals surface area contributed by atoms with E-state index < -0.39 is 11.5 Å². The molecule has 1 N–H and O–H groups in total. The highest BCUT2D eigenvalue weighted by Crippen LogP contribution is 2.13. The summed E-state index contributed by atoms with van der Waals surface area (Å²) in [5.74, 6) is -0.417. The lowest BCUT2D eigenvalue weighted by Crippen LogP contribution is -2.08. The summed E-state index contributed by atoms with van der Waals surface area (Å²) in [4.78, 5) is 12.7. The largest absolute Gasteiger partial charge is 0.299 e. The number of aromatic nitrogens is 1. The molecule has 0 aliphatic heterocycles. The van der Waals surface area contributed by atoms with Crippen LogP contribution in [0, 0.1) is 5.95 Å². The zero-order valence-corrected chi connectivity index (χ0v) is 6.52. The molecule has 11 heavy (non-hydrogen) atoms. The van der Waals surface area contributed by atoms with Crippen molar-refractivity contribution in [1.82, 2.24) is 4.98 Å². The Bertz CT molecular complexity index is 303. The van der Waals surface area contributed by atoms with Gasteiger partial charge in [-0.2, -0.15) is 4.39 Å². The highest BCUT2D eigenvalue weighted by molar-refractivity contribution is 5.14. The summed E-state index contributed by atoms with van der Waals surface area (Å²) in [6, 6.07) is 2.84. The van der Waals surface area contributed by atoms with Crippen molar-refractivity contribution in [2.45, 2.75) is 19.8 Å². The number of pyridine rings is 1. The Morgan fingerprint density at radius 1 is 1.45 bits per heavy atom. The van der Waals surface area contributed by atoms with Crippen LogP contribution >= 0.6 is 0 Å². The molecule has 0 aromatic carbocycles. The second-order valence-electron chi connectivity index (χ2n) is 2.75. The number of aromatic amines is 1. The van der Waals surface area contributed by atoms with Gasteiger partial charge in [-0.05, 0) is 12.0 Å². The van der Waals surface area contributed by atoms with E-state index in [1.54, 1.807) is 0 Å². The maximum atomic E-state index is 12.8. The molecule has 0 unspecified atom stereocenters. The summed E-state index contributed by atoms with van der Waals surface area (Å²) < 4.78 is 12.8. The van der Waals surface area contributed by atoms with Crippen molar-refractivity contribution in [1.29, 1.82) is 0 Å². The van der Waals surface area contributed by atoms with Crippen LogP contribution in [0.2, 0.25) is 0 Å².